The minimum absolute atomic E-state index is 0.463. The smallest absolute Gasteiger partial charge is 0.119 e. The van der Waals surface area contributed by atoms with Crippen LogP contribution in [0.25, 0.3) is 0 Å². The van der Waals surface area contributed by atoms with Crippen LogP contribution in [0, 0.1) is 0 Å². The number of aryl methyl sites for hydroxylation is 1. The summed E-state index contributed by atoms with van der Waals surface area (Å²) in [5.74, 6) is 0.463. The van der Waals surface area contributed by atoms with Crippen molar-refractivity contribution < 1.29 is 5.11 Å². The van der Waals surface area contributed by atoms with Gasteiger partial charge in [-0.15, -0.1) is 0 Å². The van der Waals surface area contributed by atoms with Gasteiger partial charge in [0, 0.05) is 5.69 Å². The van der Waals surface area contributed by atoms with Gasteiger partial charge in [-0.2, -0.15) is 0 Å². The van der Waals surface area contributed by atoms with E-state index in [0.29, 0.717) is 5.75 Å². The molecular weight excluding hydrogens is 246 g/mol. The van der Waals surface area contributed by atoms with Crippen molar-refractivity contribution in [2.24, 2.45) is 0 Å². The zero-order valence-electron chi connectivity index (χ0n) is 13.5. The number of hydrogen-bond acceptors (Lipinski definition) is 2. The Balaban J connectivity index is 3.11. The highest BCUT2D eigenvalue weighted by atomic mass is 16.3. The largest absolute Gasteiger partial charge is 0.508 e. The van der Waals surface area contributed by atoms with Crippen molar-refractivity contribution in [2.45, 2.75) is 78.6 Å². The first-order valence-electron chi connectivity index (χ1n) is 8.27. The van der Waals surface area contributed by atoms with E-state index in [1.807, 2.05) is 6.07 Å². The lowest BCUT2D eigenvalue weighted by molar-refractivity contribution is 0.464. The number of aromatic hydroxyl groups is 1. The molecular formula is C18H31NO. The maximum atomic E-state index is 10.4. The minimum Gasteiger partial charge on any atom is -0.508 e. The molecule has 114 valence electrons. The Morgan fingerprint density at radius 1 is 0.850 bits per heavy atom. The number of anilines is 1. The Morgan fingerprint density at radius 3 is 1.90 bits per heavy atom. The van der Waals surface area contributed by atoms with Crippen molar-refractivity contribution >= 4 is 5.69 Å². The highest BCUT2D eigenvalue weighted by Gasteiger charge is 2.15. The van der Waals surface area contributed by atoms with Gasteiger partial charge in [0.05, 0.1) is 0 Å². The highest BCUT2D eigenvalue weighted by molar-refractivity contribution is 5.62. The second-order valence-corrected chi connectivity index (χ2v) is 5.74. The molecule has 0 unspecified atom stereocenters. The molecule has 0 spiro atoms. The summed E-state index contributed by atoms with van der Waals surface area (Å²) >= 11 is 0. The maximum Gasteiger partial charge on any atom is 0.119 e. The molecule has 0 fully saturated rings. The van der Waals surface area contributed by atoms with Crippen molar-refractivity contribution in [1.82, 2.24) is 0 Å². The third kappa shape index (κ3) is 4.43. The van der Waals surface area contributed by atoms with E-state index in [1.165, 1.54) is 5.56 Å². The summed E-state index contributed by atoms with van der Waals surface area (Å²) in [6.07, 6.45) is 9.75. The minimum atomic E-state index is 0.463. The number of nitrogen functional groups attached to an aromatic ring is 1. The van der Waals surface area contributed by atoms with Gasteiger partial charge in [-0.05, 0) is 61.3 Å². The summed E-state index contributed by atoms with van der Waals surface area (Å²) in [7, 11) is 0. The molecule has 0 aromatic heterocycles. The third-order valence-electron chi connectivity index (χ3n) is 4.02. The molecule has 0 aliphatic rings. The second kappa shape index (κ2) is 8.89. The van der Waals surface area contributed by atoms with E-state index in [0.717, 1.165) is 74.6 Å². The lowest BCUT2D eigenvalue weighted by atomic mass is 9.91. The van der Waals surface area contributed by atoms with Crippen molar-refractivity contribution in [3.63, 3.8) is 0 Å². The molecule has 0 saturated heterocycles. The van der Waals surface area contributed by atoms with Gasteiger partial charge in [0.1, 0.15) is 5.75 Å². The molecule has 0 saturated carbocycles. The molecule has 1 aromatic rings. The molecule has 3 N–H and O–H groups in total. The molecule has 20 heavy (non-hydrogen) atoms. The zero-order valence-corrected chi connectivity index (χ0v) is 13.5. The van der Waals surface area contributed by atoms with Gasteiger partial charge >= 0.3 is 0 Å². The number of phenols is 1. The fraction of sp³-hybridized carbons (Fsp3) is 0.667. The average molecular weight is 277 g/mol. The van der Waals surface area contributed by atoms with E-state index in [2.05, 4.69) is 20.8 Å². The molecule has 0 aliphatic carbocycles. The molecule has 1 rings (SSSR count). The van der Waals surface area contributed by atoms with Crippen LogP contribution in [0.4, 0.5) is 5.69 Å². The van der Waals surface area contributed by atoms with Crippen LogP contribution < -0.4 is 5.73 Å². The van der Waals surface area contributed by atoms with E-state index in [1.54, 1.807) is 0 Å². The molecule has 2 heteroatoms. The Bertz CT molecular complexity index is 412. The molecule has 0 amide bonds. The van der Waals surface area contributed by atoms with E-state index < -0.39 is 0 Å². The van der Waals surface area contributed by atoms with Crippen molar-refractivity contribution in [1.29, 1.82) is 0 Å². The third-order valence-corrected chi connectivity index (χ3v) is 4.02. The molecule has 0 radical (unpaired) electrons. The highest BCUT2D eigenvalue weighted by Crippen LogP contribution is 2.33. The van der Waals surface area contributed by atoms with Crippen LogP contribution in [0.5, 0.6) is 5.75 Å². The summed E-state index contributed by atoms with van der Waals surface area (Å²) in [6, 6.07) is 1.91. The van der Waals surface area contributed by atoms with Gasteiger partial charge in [0.2, 0.25) is 0 Å². The van der Waals surface area contributed by atoms with Gasteiger partial charge in [0.15, 0.2) is 0 Å². The lowest BCUT2D eigenvalue weighted by Crippen LogP contribution is -2.06. The number of phenolic OH excluding ortho intramolecular Hbond substituents is 1. The quantitative estimate of drug-likeness (QED) is 0.492. The number of benzene rings is 1. The normalized spacial score (nSPS) is 10.9. The summed E-state index contributed by atoms with van der Waals surface area (Å²) < 4.78 is 0. The Kier molecular flexibility index (Phi) is 7.50. The first-order valence-corrected chi connectivity index (χ1v) is 8.27. The fourth-order valence-corrected chi connectivity index (χ4v) is 2.69. The van der Waals surface area contributed by atoms with Gasteiger partial charge in [-0.3, -0.25) is 0 Å². The topological polar surface area (TPSA) is 46.2 Å². The van der Waals surface area contributed by atoms with Crippen LogP contribution in [0.1, 0.15) is 76.0 Å². The first-order chi connectivity index (χ1) is 9.65. The van der Waals surface area contributed by atoms with E-state index >= 15 is 0 Å². The zero-order chi connectivity index (χ0) is 15.0. The molecule has 0 atom stereocenters. The summed E-state index contributed by atoms with van der Waals surface area (Å²) in [4.78, 5) is 0. The van der Waals surface area contributed by atoms with E-state index in [9.17, 15) is 5.11 Å². The average Bonchev–Trinajstić information content (AvgIpc) is 2.45. The van der Waals surface area contributed by atoms with Gasteiger partial charge in [-0.25, -0.2) is 0 Å². The molecule has 0 heterocycles. The van der Waals surface area contributed by atoms with Crippen LogP contribution in [0.15, 0.2) is 6.07 Å². The van der Waals surface area contributed by atoms with Crippen LogP contribution in [0.2, 0.25) is 0 Å². The van der Waals surface area contributed by atoms with Crippen LogP contribution in [-0.4, -0.2) is 5.11 Å². The molecule has 2 nitrogen and oxygen atoms in total. The molecule has 1 aromatic carbocycles. The summed E-state index contributed by atoms with van der Waals surface area (Å²) in [5.41, 5.74) is 10.8. The van der Waals surface area contributed by atoms with Crippen LogP contribution in [0.3, 0.4) is 0 Å². The molecule has 0 bridgehead atoms. The van der Waals surface area contributed by atoms with E-state index in [4.69, 9.17) is 5.73 Å². The predicted molar refractivity (Wildman–Crippen MR) is 88.4 cm³/mol. The fourth-order valence-electron chi connectivity index (χ4n) is 2.69. The van der Waals surface area contributed by atoms with Crippen molar-refractivity contribution in [3.05, 3.63) is 22.8 Å². The number of hydrogen-bond donors (Lipinski definition) is 2. The number of rotatable bonds is 9. The maximum absolute atomic E-state index is 10.4. The van der Waals surface area contributed by atoms with Gasteiger partial charge in [-0.1, -0.05) is 40.0 Å². The predicted octanol–water partition coefficient (Wildman–Crippen LogP) is 5.00. The first kappa shape index (κ1) is 16.9. The van der Waals surface area contributed by atoms with Gasteiger partial charge < -0.3 is 10.8 Å². The standard InChI is InChI=1S/C18H31NO/c1-4-7-10-14-13-17(20)15(11-8-5-2)16(18(14)19)12-9-6-3/h13,20H,4-12,19H2,1-3H3. The van der Waals surface area contributed by atoms with Crippen LogP contribution in [-0.2, 0) is 19.3 Å². The monoisotopic (exact) mass is 277 g/mol. The summed E-state index contributed by atoms with van der Waals surface area (Å²) in [5, 5.41) is 10.4. The van der Waals surface area contributed by atoms with Crippen molar-refractivity contribution in [2.75, 3.05) is 5.73 Å². The molecule has 0 aliphatic heterocycles. The van der Waals surface area contributed by atoms with E-state index in [-0.39, 0.29) is 0 Å². The van der Waals surface area contributed by atoms with Gasteiger partial charge in [0.25, 0.3) is 0 Å². The van der Waals surface area contributed by atoms with Crippen molar-refractivity contribution in [3.8, 4) is 5.75 Å². The summed E-state index contributed by atoms with van der Waals surface area (Å²) in [6.45, 7) is 6.56. The van der Waals surface area contributed by atoms with Crippen LogP contribution >= 0.6 is 0 Å². The Morgan fingerprint density at radius 2 is 1.35 bits per heavy atom. The lowest BCUT2D eigenvalue weighted by Gasteiger charge is -2.18. The Hall–Kier alpha value is -1.18. The number of unbranched alkanes of at least 4 members (excludes halogenated alkanes) is 3. The number of nitrogens with two attached hydrogens (primary N) is 1. The Labute approximate surface area is 124 Å². The second-order valence-electron chi connectivity index (χ2n) is 5.74. The SMILES string of the molecule is CCCCc1cc(O)c(CCCC)c(CCCC)c1N.